The standard InChI is InChI=1S/C8H12ClNO2S2/c1-3-4-10-14(11,12)7-5-8(9)13-6(7)2/h5,10H,3-4H2,1-2H3. The molecule has 6 heteroatoms. The first-order chi connectivity index (χ1) is 6.47. The van der Waals surface area contributed by atoms with Crippen molar-refractivity contribution in [1.82, 2.24) is 4.72 Å². The molecule has 0 saturated carbocycles. The Morgan fingerprint density at radius 1 is 1.57 bits per heavy atom. The normalized spacial score (nSPS) is 11.9. The number of sulfonamides is 1. The number of nitrogens with one attached hydrogen (secondary N) is 1. The first-order valence-corrected chi connectivity index (χ1v) is 6.90. The van der Waals surface area contributed by atoms with Gasteiger partial charge in [0, 0.05) is 11.4 Å². The van der Waals surface area contributed by atoms with Crippen LogP contribution in [-0.2, 0) is 10.0 Å². The van der Waals surface area contributed by atoms with Crippen LogP contribution in [0.5, 0.6) is 0 Å². The van der Waals surface area contributed by atoms with Crippen LogP contribution in [0.3, 0.4) is 0 Å². The van der Waals surface area contributed by atoms with Gasteiger partial charge in [0.05, 0.1) is 9.23 Å². The van der Waals surface area contributed by atoms with Gasteiger partial charge in [0.25, 0.3) is 0 Å². The van der Waals surface area contributed by atoms with Crippen molar-refractivity contribution >= 4 is 33.0 Å². The molecule has 0 saturated heterocycles. The molecule has 0 aliphatic heterocycles. The lowest BCUT2D eigenvalue weighted by molar-refractivity contribution is 0.580. The van der Waals surface area contributed by atoms with Gasteiger partial charge in [-0.3, -0.25) is 0 Å². The van der Waals surface area contributed by atoms with Gasteiger partial charge < -0.3 is 0 Å². The molecule has 1 aromatic rings. The van der Waals surface area contributed by atoms with Crippen LogP contribution >= 0.6 is 22.9 Å². The molecule has 3 nitrogen and oxygen atoms in total. The Balaban J connectivity index is 2.98. The topological polar surface area (TPSA) is 46.2 Å². The molecule has 0 radical (unpaired) electrons. The number of rotatable bonds is 4. The highest BCUT2D eigenvalue weighted by Gasteiger charge is 2.18. The maximum absolute atomic E-state index is 11.7. The molecule has 0 aromatic carbocycles. The third-order valence-electron chi connectivity index (χ3n) is 1.67. The predicted molar refractivity (Wildman–Crippen MR) is 59.5 cm³/mol. The summed E-state index contributed by atoms with van der Waals surface area (Å²) in [6.45, 7) is 4.11. The van der Waals surface area contributed by atoms with E-state index in [1.54, 1.807) is 6.92 Å². The predicted octanol–water partition coefficient (Wildman–Crippen LogP) is 2.40. The Labute approximate surface area is 93.1 Å². The lowest BCUT2D eigenvalue weighted by Crippen LogP contribution is -2.24. The minimum absolute atomic E-state index is 0.293. The molecule has 80 valence electrons. The van der Waals surface area contributed by atoms with Crippen LogP contribution in [0.4, 0.5) is 0 Å². The lowest BCUT2D eigenvalue weighted by atomic mass is 10.5. The molecule has 0 atom stereocenters. The van der Waals surface area contributed by atoms with Gasteiger partial charge in [-0.1, -0.05) is 18.5 Å². The van der Waals surface area contributed by atoms with E-state index in [0.29, 0.717) is 15.8 Å². The molecule has 0 aliphatic rings. The van der Waals surface area contributed by atoms with E-state index in [2.05, 4.69) is 4.72 Å². The smallest absolute Gasteiger partial charge is 0.211 e. The van der Waals surface area contributed by atoms with Gasteiger partial charge in [0.2, 0.25) is 10.0 Å². The fraction of sp³-hybridized carbons (Fsp3) is 0.500. The van der Waals surface area contributed by atoms with E-state index in [1.165, 1.54) is 17.4 Å². The van der Waals surface area contributed by atoms with E-state index < -0.39 is 10.0 Å². The summed E-state index contributed by atoms with van der Waals surface area (Å²) >= 11 is 7.01. The van der Waals surface area contributed by atoms with E-state index in [-0.39, 0.29) is 0 Å². The average Bonchev–Trinajstić information content (AvgIpc) is 2.42. The monoisotopic (exact) mass is 253 g/mol. The zero-order valence-corrected chi connectivity index (χ0v) is 10.4. The van der Waals surface area contributed by atoms with Crippen molar-refractivity contribution in [3.63, 3.8) is 0 Å². The zero-order chi connectivity index (χ0) is 10.8. The van der Waals surface area contributed by atoms with Gasteiger partial charge in [-0.2, -0.15) is 0 Å². The van der Waals surface area contributed by atoms with E-state index in [9.17, 15) is 8.42 Å². The first-order valence-electron chi connectivity index (χ1n) is 4.23. The van der Waals surface area contributed by atoms with Crippen LogP contribution < -0.4 is 4.72 Å². The molecule has 0 unspecified atom stereocenters. The summed E-state index contributed by atoms with van der Waals surface area (Å²) in [4.78, 5) is 1.01. The fourth-order valence-electron chi connectivity index (χ4n) is 1.01. The van der Waals surface area contributed by atoms with Crippen LogP contribution in [0.2, 0.25) is 4.34 Å². The maximum Gasteiger partial charge on any atom is 0.241 e. The van der Waals surface area contributed by atoms with E-state index in [0.717, 1.165) is 11.3 Å². The Kier molecular flexibility index (Phi) is 3.94. The van der Waals surface area contributed by atoms with Crippen LogP contribution in [0.15, 0.2) is 11.0 Å². The fourth-order valence-corrected chi connectivity index (χ4v) is 3.97. The summed E-state index contributed by atoms with van der Waals surface area (Å²) in [6, 6.07) is 1.49. The number of thiophene rings is 1. The Hall–Kier alpha value is -0.100. The number of aryl methyl sites for hydroxylation is 1. The first kappa shape index (κ1) is 12.0. The van der Waals surface area contributed by atoms with Crippen LogP contribution in [0, 0.1) is 6.92 Å². The summed E-state index contributed by atoms with van der Waals surface area (Å²) in [5, 5.41) is 0. The van der Waals surface area contributed by atoms with Crippen molar-refractivity contribution in [2.45, 2.75) is 25.2 Å². The molecule has 0 fully saturated rings. The second-order valence-corrected chi connectivity index (χ2v) is 6.49. The van der Waals surface area contributed by atoms with E-state index >= 15 is 0 Å². The molecule has 0 spiro atoms. The van der Waals surface area contributed by atoms with E-state index in [4.69, 9.17) is 11.6 Å². The van der Waals surface area contributed by atoms with Crippen molar-refractivity contribution in [1.29, 1.82) is 0 Å². The Morgan fingerprint density at radius 2 is 2.21 bits per heavy atom. The zero-order valence-electron chi connectivity index (χ0n) is 8.00. The third kappa shape index (κ3) is 2.70. The molecule has 1 N–H and O–H groups in total. The second-order valence-electron chi connectivity index (χ2n) is 2.87. The summed E-state index contributed by atoms with van der Waals surface area (Å²) in [5.74, 6) is 0. The molecule has 0 bridgehead atoms. The average molecular weight is 254 g/mol. The van der Waals surface area contributed by atoms with Gasteiger partial charge in [-0.25, -0.2) is 13.1 Å². The molecule has 0 amide bonds. The molecule has 1 rings (SSSR count). The van der Waals surface area contributed by atoms with Gasteiger partial charge in [-0.15, -0.1) is 11.3 Å². The lowest BCUT2D eigenvalue weighted by Gasteiger charge is -2.03. The summed E-state index contributed by atoms with van der Waals surface area (Å²) < 4.78 is 26.3. The minimum atomic E-state index is -3.36. The number of hydrogen-bond donors (Lipinski definition) is 1. The van der Waals surface area contributed by atoms with Crippen molar-refractivity contribution < 1.29 is 8.42 Å². The van der Waals surface area contributed by atoms with Gasteiger partial charge in [0.1, 0.15) is 0 Å². The van der Waals surface area contributed by atoms with Crippen molar-refractivity contribution in [3.05, 3.63) is 15.3 Å². The van der Waals surface area contributed by atoms with Gasteiger partial charge >= 0.3 is 0 Å². The highest BCUT2D eigenvalue weighted by Crippen LogP contribution is 2.28. The van der Waals surface area contributed by atoms with Crippen molar-refractivity contribution in [2.75, 3.05) is 6.54 Å². The largest absolute Gasteiger partial charge is 0.241 e. The molecular weight excluding hydrogens is 242 g/mol. The third-order valence-corrected chi connectivity index (χ3v) is 4.57. The Bertz CT molecular complexity index is 411. The van der Waals surface area contributed by atoms with Crippen LogP contribution in [-0.4, -0.2) is 15.0 Å². The van der Waals surface area contributed by atoms with Crippen LogP contribution in [0.1, 0.15) is 18.2 Å². The highest BCUT2D eigenvalue weighted by molar-refractivity contribution is 7.89. The molecule has 1 aromatic heterocycles. The SMILES string of the molecule is CCCNS(=O)(=O)c1cc(Cl)sc1C. The van der Waals surface area contributed by atoms with Crippen LogP contribution in [0.25, 0.3) is 0 Å². The molecule has 0 aliphatic carbocycles. The molecule has 1 heterocycles. The Morgan fingerprint density at radius 3 is 2.64 bits per heavy atom. The molecular formula is C8H12ClNO2S2. The van der Waals surface area contributed by atoms with E-state index in [1.807, 2.05) is 6.92 Å². The van der Waals surface area contributed by atoms with Crippen molar-refractivity contribution in [2.24, 2.45) is 0 Å². The van der Waals surface area contributed by atoms with Gasteiger partial charge in [-0.05, 0) is 19.4 Å². The summed E-state index contributed by atoms with van der Waals surface area (Å²) in [5.41, 5.74) is 0. The highest BCUT2D eigenvalue weighted by atomic mass is 35.5. The molecule has 14 heavy (non-hydrogen) atoms. The summed E-state index contributed by atoms with van der Waals surface area (Å²) in [7, 11) is -3.36. The van der Waals surface area contributed by atoms with Gasteiger partial charge in [0.15, 0.2) is 0 Å². The second kappa shape index (κ2) is 4.61. The quantitative estimate of drug-likeness (QED) is 0.896. The minimum Gasteiger partial charge on any atom is -0.211 e. The number of hydrogen-bond acceptors (Lipinski definition) is 3. The summed E-state index contributed by atoms with van der Waals surface area (Å²) in [6.07, 6.45) is 0.774. The number of halogens is 1. The van der Waals surface area contributed by atoms with Crippen molar-refractivity contribution in [3.8, 4) is 0 Å². The maximum atomic E-state index is 11.7.